The number of carbonyl (C=O) groups excluding carboxylic acids is 1. The van der Waals surface area contributed by atoms with Crippen molar-refractivity contribution >= 4 is 11.6 Å². The zero-order valence-electron chi connectivity index (χ0n) is 15.8. The predicted molar refractivity (Wildman–Crippen MR) is 97.9 cm³/mol. The smallest absolute Gasteiger partial charge is 0.422 e. The summed E-state index contributed by atoms with van der Waals surface area (Å²) < 4.78 is 52.6. The Hall–Kier alpha value is -3.50. The standard InChI is InChI=1S/C19H17F3N2O6/c1-23(10-12-2-5-16-17(8-12)29-7-6-28-16)18(25)14-9-13(30-11-19(20,21)22)3-4-15(14)24(26)27/h2-5,8-9H,6-7,10-11H2,1H3. The van der Waals surface area contributed by atoms with E-state index in [2.05, 4.69) is 4.74 Å². The predicted octanol–water partition coefficient (Wildman–Crippen LogP) is 3.58. The first kappa shape index (κ1) is 21.2. The second-order valence-corrected chi connectivity index (χ2v) is 6.48. The van der Waals surface area contributed by atoms with E-state index in [1.54, 1.807) is 18.2 Å². The van der Waals surface area contributed by atoms with Crippen LogP contribution in [-0.4, -0.2) is 48.8 Å². The number of hydrogen-bond donors (Lipinski definition) is 0. The molecule has 0 spiro atoms. The van der Waals surface area contributed by atoms with Crippen molar-refractivity contribution in [2.24, 2.45) is 0 Å². The minimum atomic E-state index is -4.58. The monoisotopic (exact) mass is 426 g/mol. The Morgan fingerprint density at radius 3 is 2.53 bits per heavy atom. The first-order chi connectivity index (χ1) is 14.1. The van der Waals surface area contributed by atoms with E-state index in [0.717, 1.165) is 18.2 Å². The summed E-state index contributed by atoms with van der Waals surface area (Å²) >= 11 is 0. The van der Waals surface area contributed by atoms with Gasteiger partial charge in [0.25, 0.3) is 11.6 Å². The van der Waals surface area contributed by atoms with Crippen molar-refractivity contribution in [3.05, 3.63) is 57.6 Å². The fraction of sp³-hybridized carbons (Fsp3) is 0.316. The number of hydrogen-bond acceptors (Lipinski definition) is 6. The van der Waals surface area contributed by atoms with Gasteiger partial charge >= 0.3 is 6.18 Å². The van der Waals surface area contributed by atoms with Gasteiger partial charge in [-0.05, 0) is 29.8 Å². The maximum atomic E-state index is 12.8. The average molecular weight is 426 g/mol. The van der Waals surface area contributed by atoms with Gasteiger partial charge in [0.1, 0.15) is 24.5 Å². The molecule has 160 valence electrons. The SMILES string of the molecule is CN(Cc1ccc2c(c1)OCCO2)C(=O)c1cc(OCC(F)(F)F)ccc1[N+](=O)[O-]. The van der Waals surface area contributed by atoms with Gasteiger partial charge in [0, 0.05) is 19.7 Å². The van der Waals surface area contributed by atoms with E-state index in [4.69, 9.17) is 9.47 Å². The highest BCUT2D eigenvalue weighted by Gasteiger charge is 2.29. The van der Waals surface area contributed by atoms with Crippen LogP contribution in [0.4, 0.5) is 18.9 Å². The molecule has 1 amide bonds. The summed E-state index contributed by atoms with van der Waals surface area (Å²) in [4.78, 5) is 24.5. The van der Waals surface area contributed by atoms with Crippen molar-refractivity contribution in [3.8, 4) is 17.2 Å². The summed E-state index contributed by atoms with van der Waals surface area (Å²) in [5.74, 6) is 0.0558. The number of amides is 1. The first-order valence-electron chi connectivity index (χ1n) is 8.76. The van der Waals surface area contributed by atoms with Crippen LogP contribution in [0.2, 0.25) is 0 Å². The third kappa shape index (κ3) is 5.10. The van der Waals surface area contributed by atoms with Gasteiger partial charge in [0.05, 0.1) is 4.92 Å². The molecule has 2 aromatic rings. The Morgan fingerprint density at radius 1 is 1.17 bits per heavy atom. The Balaban J connectivity index is 1.80. The lowest BCUT2D eigenvalue weighted by Gasteiger charge is -2.21. The third-order valence-electron chi connectivity index (χ3n) is 4.17. The van der Waals surface area contributed by atoms with Gasteiger partial charge in [-0.3, -0.25) is 14.9 Å². The number of carbonyl (C=O) groups is 1. The molecule has 0 saturated heterocycles. The first-order valence-corrected chi connectivity index (χ1v) is 8.76. The van der Waals surface area contributed by atoms with Gasteiger partial charge in [-0.25, -0.2) is 0 Å². The molecule has 0 bridgehead atoms. The van der Waals surface area contributed by atoms with Crippen molar-refractivity contribution in [1.82, 2.24) is 4.90 Å². The highest BCUT2D eigenvalue weighted by atomic mass is 19.4. The van der Waals surface area contributed by atoms with Gasteiger partial charge in [0.2, 0.25) is 0 Å². The largest absolute Gasteiger partial charge is 0.486 e. The second-order valence-electron chi connectivity index (χ2n) is 6.48. The van der Waals surface area contributed by atoms with E-state index >= 15 is 0 Å². The van der Waals surface area contributed by atoms with Crippen molar-refractivity contribution < 1.29 is 37.1 Å². The Labute approximate surface area is 168 Å². The van der Waals surface area contributed by atoms with Crippen LogP contribution in [0.15, 0.2) is 36.4 Å². The van der Waals surface area contributed by atoms with Crippen LogP contribution in [0.1, 0.15) is 15.9 Å². The average Bonchev–Trinajstić information content (AvgIpc) is 2.70. The molecular formula is C19H17F3N2O6. The van der Waals surface area contributed by atoms with E-state index in [9.17, 15) is 28.1 Å². The van der Waals surface area contributed by atoms with Crippen molar-refractivity contribution in [2.75, 3.05) is 26.9 Å². The summed E-state index contributed by atoms with van der Waals surface area (Å²) in [5.41, 5.74) is -0.227. The molecule has 0 N–H and O–H groups in total. The van der Waals surface area contributed by atoms with Gasteiger partial charge in [-0.1, -0.05) is 6.07 Å². The lowest BCUT2D eigenvalue weighted by molar-refractivity contribution is -0.385. The topological polar surface area (TPSA) is 91.1 Å². The zero-order chi connectivity index (χ0) is 21.9. The highest BCUT2D eigenvalue weighted by Crippen LogP contribution is 2.32. The van der Waals surface area contributed by atoms with E-state index in [-0.39, 0.29) is 17.9 Å². The summed E-state index contributed by atoms with van der Waals surface area (Å²) in [7, 11) is 1.42. The minimum absolute atomic E-state index is 0.0836. The number of nitro benzene ring substituents is 1. The Bertz CT molecular complexity index is 964. The second kappa shape index (κ2) is 8.47. The molecule has 30 heavy (non-hydrogen) atoms. The zero-order valence-corrected chi connectivity index (χ0v) is 15.8. The number of alkyl halides is 3. The maximum absolute atomic E-state index is 12.8. The minimum Gasteiger partial charge on any atom is -0.486 e. The molecule has 3 rings (SSSR count). The van der Waals surface area contributed by atoms with Crippen LogP contribution in [0.25, 0.3) is 0 Å². The van der Waals surface area contributed by atoms with Crippen LogP contribution in [0, 0.1) is 10.1 Å². The highest BCUT2D eigenvalue weighted by molar-refractivity contribution is 5.98. The Kier molecular flexibility index (Phi) is 5.99. The summed E-state index contributed by atoms with van der Waals surface area (Å²) in [6, 6.07) is 7.99. The van der Waals surface area contributed by atoms with Crippen LogP contribution in [0.3, 0.4) is 0 Å². The fourth-order valence-electron chi connectivity index (χ4n) is 2.84. The molecule has 2 aromatic carbocycles. The van der Waals surface area contributed by atoms with Crippen LogP contribution in [0.5, 0.6) is 17.2 Å². The number of rotatable bonds is 6. The van der Waals surface area contributed by atoms with Crippen LogP contribution >= 0.6 is 0 Å². The molecule has 1 heterocycles. The fourth-order valence-corrected chi connectivity index (χ4v) is 2.84. The molecule has 11 heteroatoms. The van der Waals surface area contributed by atoms with Gasteiger partial charge in [0.15, 0.2) is 18.1 Å². The number of benzene rings is 2. The number of nitro groups is 1. The molecule has 0 aromatic heterocycles. The quantitative estimate of drug-likeness (QED) is 0.518. The maximum Gasteiger partial charge on any atom is 0.422 e. The van der Waals surface area contributed by atoms with Crippen LogP contribution in [-0.2, 0) is 6.54 Å². The summed E-state index contributed by atoms with van der Waals surface area (Å²) in [5, 5.41) is 11.3. The van der Waals surface area contributed by atoms with Crippen molar-refractivity contribution in [1.29, 1.82) is 0 Å². The molecule has 0 saturated carbocycles. The molecule has 1 aliphatic rings. The van der Waals surface area contributed by atoms with E-state index in [1.165, 1.54) is 11.9 Å². The van der Waals surface area contributed by atoms with Gasteiger partial charge in [-0.15, -0.1) is 0 Å². The summed E-state index contributed by atoms with van der Waals surface area (Å²) in [6.07, 6.45) is -4.58. The third-order valence-corrected chi connectivity index (χ3v) is 4.17. The molecule has 0 radical (unpaired) electrons. The molecule has 8 nitrogen and oxygen atoms in total. The Morgan fingerprint density at radius 2 is 1.87 bits per heavy atom. The molecule has 0 unspecified atom stereocenters. The van der Waals surface area contributed by atoms with E-state index < -0.39 is 29.3 Å². The number of nitrogens with zero attached hydrogens (tertiary/aromatic N) is 2. The van der Waals surface area contributed by atoms with Crippen molar-refractivity contribution in [2.45, 2.75) is 12.7 Å². The molecule has 0 fully saturated rings. The van der Waals surface area contributed by atoms with E-state index in [0.29, 0.717) is 30.3 Å². The number of fused-ring (bicyclic) bond motifs is 1. The molecule has 1 aliphatic heterocycles. The van der Waals surface area contributed by atoms with Gasteiger partial charge < -0.3 is 19.1 Å². The normalized spacial score (nSPS) is 12.9. The lowest BCUT2D eigenvalue weighted by Crippen LogP contribution is -2.27. The van der Waals surface area contributed by atoms with Crippen molar-refractivity contribution in [3.63, 3.8) is 0 Å². The van der Waals surface area contributed by atoms with Gasteiger partial charge in [-0.2, -0.15) is 13.2 Å². The molecule has 0 atom stereocenters. The molecule has 0 aliphatic carbocycles. The number of halogens is 3. The lowest BCUT2D eigenvalue weighted by atomic mass is 10.1. The van der Waals surface area contributed by atoms with E-state index in [1.807, 2.05) is 0 Å². The molecular weight excluding hydrogens is 409 g/mol. The number of ether oxygens (including phenoxy) is 3. The van der Waals surface area contributed by atoms with Crippen LogP contribution < -0.4 is 14.2 Å². The summed E-state index contributed by atoms with van der Waals surface area (Å²) in [6.45, 7) is -0.672.